The van der Waals surface area contributed by atoms with Crippen LogP contribution in [0.25, 0.3) is 0 Å². The van der Waals surface area contributed by atoms with E-state index in [1.807, 2.05) is 0 Å². The third-order valence-electron chi connectivity index (χ3n) is 2.70. The van der Waals surface area contributed by atoms with Crippen LogP contribution in [0.2, 0.25) is 0 Å². The number of aryl methyl sites for hydroxylation is 1. The van der Waals surface area contributed by atoms with Crippen LogP contribution in [0.4, 0.5) is 0 Å². The highest BCUT2D eigenvalue weighted by Gasteiger charge is 2.16. The summed E-state index contributed by atoms with van der Waals surface area (Å²) in [7, 11) is 0. The van der Waals surface area contributed by atoms with Crippen LogP contribution in [0.5, 0.6) is 11.5 Å². The first kappa shape index (κ1) is 13.4. The number of phenolic OH excluding ortho intramolecular Hbond substituents is 1. The largest absolute Gasteiger partial charge is 0.508 e. The minimum Gasteiger partial charge on any atom is -0.508 e. The molecule has 4 heteroatoms. The Bertz CT molecular complexity index is 399. The zero-order chi connectivity index (χ0) is 12.8. The number of phenols is 2. The second-order valence-corrected chi connectivity index (χ2v) is 4.11. The number of hydrogen-bond donors (Lipinski definition) is 3. The van der Waals surface area contributed by atoms with E-state index >= 15 is 0 Å². The summed E-state index contributed by atoms with van der Waals surface area (Å²) in [5.74, 6) is -1.63. The standard InChI is InChI=1S/C13H18O4/c1-2-3-4-5-6-9-7-10(14)8-11(15)12(9)13(16)17/h7-8,14-15H,2-6H2,1H3,(H,16,17). The van der Waals surface area contributed by atoms with Crippen LogP contribution in [0.3, 0.4) is 0 Å². The van der Waals surface area contributed by atoms with E-state index in [-0.39, 0.29) is 17.1 Å². The molecule has 0 radical (unpaired) electrons. The molecule has 0 saturated carbocycles. The van der Waals surface area contributed by atoms with Gasteiger partial charge in [0.05, 0.1) is 0 Å². The Morgan fingerprint density at radius 3 is 2.47 bits per heavy atom. The van der Waals surface area contributed by atoms with Gasteiger partial charge in [-0.05, 0) is 24.5 Å². The first-order chi connectivity index (χ1) is 8.06. The Labute approximate surface area is 101 Å². The maximum Gasteiger partial charge on any atom is 0.339 e. The van der Waals surface area contributed by atoms with Crippen LogP contribution < -0.4 is 0 Å². The van der Waals surface area contributed by atoms with Crippen LogP contribution in [0, 0.1) is 0 Å². The molecule has 0 fully saturated rings. The molecule has 0 heterocycles. The average Bonchev–Trinajstić information content (AvgIpc) is 2.22. The molecule has 1 aromatic rings. The molecule has 0 aromatic heterocycles. The van der Waals surface area contributed by atoms with Gasteiger partial charge in [-0.2, -0.15) is 0 Å². The zero-order valence-corrected chi connectivity index (χ0v) is 9.94. The van der Waals surface area contributed by atoms with Gasteiger partial charge in [-0.15, -0.1) is 0 Å². The molecule has 0 spiro atoms. The highest BCUT2D eigenvalue weighted by atomic mass is 16.4. The van der Waals surface area contributed by atoms with E-state index in [9.17, 15) is 15.0 Å². The lowest BCUT2D eigenvalue weighted by atomic mass is 9.99. The second-order valence-electron chi connectivity index (χ2n) is 4.11. The summed E-state index contributed by atoms with van der Waals surface area (Å²) in [5, 5.41) is 27.9. The lowest BCUT2D eigenvalue weighted by molar-refractivity contribution is 0.0692. The number of aromatic carboxylic acids is 1. The number of carbonyl (C=O) groups is 1. The molecular weight excluding hydrogens is 220 g/mol. The van der Waals surface area contributed by atoms with Crippen molar-refractivity contribution in [1.29, 1.82) is 0 Å². The second kappa shape index (κ2) is 6.13. The molecule has 0 aliphatic carbocycles. The van der Waals surface area contributed by atoms with Crippen LogP contribution in [0.1, 0.15) is 48.5 Å². The predicted molar refractivity (Wildman–Crippen MR) is 64.6 cm³/mol. The SMILES string of the molecule is CCCCCCc1cc(O)cc(O)c1C(=O)O. The Morgan fingerprint density at radius 1 is 1.18 bits per heavy atom. The number of rotatable bonds is 6. The highest BCUT2D eigenvalue weighted by molar-refractivity contribution is 5.92. The van der Waals surface area contributed by atoms with Gasteiger partial charge < -0.3 is 15.3 Å². The van der Waals surface area contributed by atoms with Gasteiger partial charge in [0.2, 0.25) is 0 Å². The van der Waals surface area contributed by atoms with E-state index in [4.69, 9.17) is 5.11 Å². The Kier molecular flexibility index (Phi) is 4.82. The van der Waals surface area contributed by atoms with Crippen molar-refractivity contribution in [2.24, 2.45) is 0 Å². The van der Waals surface area contributed by atoms with Crippen molar-refractivity contribution in [2.75, 3.05) is 0 Å². The van der Waals surface area contributed by atoms with E-state index in [1.165, 1.54) is 6.07 Å². The minimum absolute atomic E-state index is 0.0979. The summed E-state index contributed by atoms with van der Waals surface area (Å²) in [6.07, 6.45) is 4.65. The van der Waals surface area contributed by atoms with Crippen LogP contribution in [-0.4, -0.2) is 21.3 Å². The molecule has 1 rings (SSSR count). The number of carboxylic acids is 1. The molecular formula is C13H18O4. The Morgan fingerprint density at radius 2 is 1.88 bits per heavy atom. The van der Waals surface area contributed by atoms with Crippen molar-refractivity contribution in [3.05, 3.63) is 23.3 Å². The molecule has 4 nitrogen and oxygen atoms in total. The van der Waals surface area contributed by atoms with Gasteiger partial charge in [0.15, 0.2) is 0 Å². The van der Waals surface area contributed by atoms with E-state index in [2.05, 4.69) is 6.92 Å². The van der Waals surface area contributed by atoms with Gasteiger partial charge in [-0.25, -0.2) is 4.79 Å². The van der Waals surface area contributed by atoms with Crippen molar-refractivity contribution in [3.8, 4) is 11.5 Å². The van der Waals surface area contributed by atoms with Crippen molar-refractivity contribution in [1.82, 2.24) is 0 Å². The summed E-state index contributed by atoms with van der Waals surface area (Å²) in [5.41, 5.74) is 0.394. The minimum atomic E-state index is -1.16. The van der Waals surface area contributed by atoms with E-state index < -0.39 is 5.97 Å². The molecule has 0 bridgehead atoms. The lowest BCUT2D eigenvalue weighted by Crippen LogP contribution is -2.03. The van der Waals surface area contributed by atoms with E-state index in [0.717, 1.165) is 31.7 Å². The number of aromatic hydroxyl groups is 2. The third kappa shape index (κ3) is 3.66. The van der Waals surface area contributed by atoms with Gasteiger partial charge in [0.1, 0.15) is 17.1 Å². The van der Waals surface area contributed by atoms with Gasteiger partial charge in [0.25, 0.3) is 0 Å². The fraction of sp³-hybridized carbons (Fsp3) is 0.462. The van der Waals surface area contributed by atoms with E-state index in [0.29, 0.717) is 12.0 Å². The highest BCUT2D eigenvalue weighted by Crippen LogP contribution is 2.28. The monoisotopic (exact) mass is 238 g/mol. The molecule has 0 aliphatic rings. The molecule has 0 saturated heterocycles. The maximum absolute atomic E-state index is 11.0. The number of carboxylic acid groups (broad SMARTS) is 1. The summed E-state index contributed by atoms with van der Waals surface area (Å²) in [4.78, 5) is 11.0. The summed E-state index contributed by atoms with van der Waals surface area (Å²) >= 11 is 0. The zero-order valence-electron chi connectivity index (χ0n) is 9.94. The molecule has 0 unspecified atom stereocenters. The number of benzene rings is 1. The average molecular weight is 238 g/mol. The number of hydrogen-bond acceptors (Lipinski definition) is 3. The van der Waals surface area contributed by atoms with Crippen LogP contribution >= 0.6 is 0 Å². The van der Waals surface area contributed by atoms with Gasteiger partial charge >= 0.3 is 5.97 Å². The fourth-order valence-electron chi connectivity index (χ4n) is 1.86. The predicted octanol–water partition coefficient (Wildman–Crippen LogP) is 2.92. The van der Waals surface area contributed by atoms with Crippen molar-refractivity contribution in [2.45, 2.75) is 39.0 Å². The smallest absolute Gasteiger partial charge is 0.339 e. The number of unbranched alkanes of at least 4 members (excludes halogenated alkanes) is 3. The maximum atomic E-state index is 11.0. The molecule has 1 aromatic carbocycles. The molecule has 0 amide bonds. The normalized spacial score (nSPS) is 10.4. The van der Waals surface area contributed by atoms with Gasteiger partial charge in [-0.3, -0.25) is 0 Å². The van der Waals surface area contributed by atoms with E-state index in [1.54, 1.807) is 0 Å². The Balaban J connectivity index is 2.85. The summed E-state index contributed by atoms with van der Waals surface area (Å²) in [6.45, 7) is 2.10. The van der Waals surface area contributed by atoms with Crippen molar-refractivity contribution < 1.29 is 20.1 Å². The van der Waals surface area contributed by atoms with Gasteiger partial charge in [0, 0.05) is 6.07 Å². The molecule has 17 heavy (non-hydrogen) atoms. The topological polar surface area (TPSA) is 77.8 Å². The first-order valence-electron chi connectivity index (χ1n) is 5.84. The lowest BCUT2D eigenvalue weighted by Gasteiger charge is -2.08. The fourth-order valence-corrected chi connectivity index (χ4v) is 1.86. The van der Waals surface area contributed by atoms with Gasteiger partial charge in [-0.1, -0.05) is 26.2 Å². The summed E-state index contributed by atoms with van der Waals surface area (Å²) < 4.78 is 0. The van der Waals surface area contributed by atoms with Crippen molar-refractivity contribution >= 4 is 5.97 Å². The molecule has 3 N–H and O–H groups in total. The molecule has 0 aliphatic heterocycles. The van der Waals surface area contributed by atoms with Crippen LogP contribution in [-0.2, 0) is 6.42 Å². The molecule has 0 atom stereocenters. The third-order valence-corrected chi connectivity index (χ3v) is 2.70. The first-order valence-corrected chi connectivity index (χ1v) is 5.84. The summed E-state index contributed by atoms with van der Waals surface area (Å²) in [6, 6.07) is 2.47. The van der Waals surface area contributed by atoms with Crippen molar-refractivity contribution in [3.63, 3.8) is 0 Å². The van der Waals surface area contributed by atoms with Crippen LogP contribution in [0.15, 0.2) is 12.1 Å². The Hall–Kier alpha value is -1.71. The molecule has 94 valence electrons. The quantitative estimate of drug-likeness (QED) is 0.666.